The average molecular weight is 354 g/mol. The number of benzene rings is 1. The summed E-state index contributed by atoms with van der Waals surface area (Å²) in [4.78, 5) is 15.2. The van der Waals surface area contributed by atoms with E-state index >= 15 is 0 Å². The van der Waals surface area contributed by atoms with Gasteiger partial charge in [0, 0.05) is 18.4 Å². The molecule has 25 heavy (non-hydrogen) atoms. The number of nitrogens with zero attached hydrogens (tertiary/aromatic N) is 2. The van der Waals surface area contributed by atoms with Gasteiger partial charge in [0.25, 0.3) is 0 Å². The van der Waals surface area contributed by atoms with E-state index in [9.17, 15) is 22.4 Å². The Morgan fingerprint density at radius 3 is 2.60 bits per heavy atom. The van der Waals surface area contributed by atoms with Crippen molar-refractivity contribution in [2.75, 3.05) is 0 Å². The Labute approximate surface area is 138 Å². The van der Waals surface area contributed by atoms with Gasteiger partial charge in [-0.15, -0.1) is 0 Å². The van der Waals surface area contributed by atoms with Crippen LogP contribution in [0.5, 0.6) is 0 Å². The van der Waals surface area contributed by atoms with Crippen molar-refractivity contribution in [2.24, 2.45) is 0 Å². The number of aromatic nitrogens is 2. The third-order valence-corrected chi connectivity index (χ3v) is 3.37. The van der Waals surface area contributed by atoms with Crippen molar-refractivity contribution in [3.05, 3.63) is 59.6 Å². The highest BCUT2D eigenvalue weighted by molar-refractivity contribution is 5.96. The zero-order valence-corrected chi connectivity index (χ0v) is 12.5. The summed E-state index contributed by atoms with van der Waals surface area (Å²) in [6, 6.07) is 6.70. The predicted molar refractivity (Wildman–Crippen MR) is 76.1 cm³/mol. The fourth-order valence-corrected chi connectivity index (χ4v) is 2.16. The van der Waals surface area contributed by atoms with E-state index in [4.69, 9.17) is 4.42 Å². The van der Waals surface area contributed by atoms with Crippen LogP contribution < -0.4 is 0 Å². The molecule has 130 valence electrons. The van der Waals surface area contributed by atoms with Crippen LogP contribution in [-0.4, -0.2) is 15.9 Å². The van der Waals surface area contributed by atoms with Crippen LogP contribution in [0.25, 0.3) is 11.4 Å². The molecule has 0 N–H and O–H groups in total. The maximum Gasteiger partial charge on any atom is 0.471 e. The molecule has 0 radical (unpaired) electrons. The van der Waals surface area contributed by atoms with Crippen molar-refractivity contribution in [3.63, 3.8) is 0 Å². The molecule has 0 unspecified atom stereocenters. The maximum absolute atomic E-state index is 14.1. The van der Waals surface area contributed by atoms with E-state index in [0.29, 0.717) is 12.2 Å². The average Bonchev–Trinajstić information content (AvgIpc) is 3.23. The van der Waals surface area contributed by atoms with Crippen LogP contribution in [0, 0.1) is 5.82 Å². The number of Topliss-reactive ketones (excluding diaryl/α,β-unsaturated/α-hetero) is 1. The number of furan rings is 1. The number of hydrogen-bond donors (Lipinski definition) is 0. The van der Waals surface area contributed by atoms with Gasteiger partial charge >= 0.3 is 12.1 Å². The molecule has 0 amide bonds. The molecule has 3 rings (SSSR count). The van der Waals surface area contributed by atoms with Crippen LogP contribution in [-0.2, 0) is 12.6 Å². The molecule has 5 nitrogen and oxygen atoms in total. The van der Waals surface area contributed by atoms with Crippen LogP contribution in [0.4, 0.5) is 17.6 Å². The molecule has 0 fully saturated rings. The molecule has 0 saturated carbocycles. The fourth-order valence-electron chi connectivity index (χ4n) is 2.16. The largest absolute Gasteiger partial charge is 0.471 e. The first-order valence-electron chi connectivity index (χ1n) is 7.11. The van der Waals surface area contributed by atoms with Crippen molar-refractivity contribution < 1.29 is 31.3 Å². The predicted octanol–water partition coefficient (Wildman–Crippen LogP) is 4.30. The van der Waals surface area contributed by atoms with E-state index in [1.54, 1.807) is 12.1 Å². The van der Waals surface area contributed by atoms with E-state index in [1.165, 1.54) is 18.4 Å². The van der Waals surface area contributed by atoms with Gasteiger partial charge in [0.2, 0.25) is 5.82 Å². The van der Waals surface area contributed by atoms with Gasteiger partial charge in [-0.1, -0.05) is 11.2 Å². The van der Waals surface area contributed by atoms with Gasteiger partial charge in [0.05, 0.1) is 11.8 Å². The monoisotopic (exact) mass is 354 g/mol. The minimum Gasteiger partial charge on any atom is -0.469 e. The fraction of sp³-hybridized carbons (Fsp3) is 0.188. The lowest BCUT2D eigenvalue weighted by atomic mass is 10.0. The minimum absolute atomic E-state index is 0.0284. The summed E-state index contributed by atoms with van der Waals surface area (Å²) in [5.41, 5.74) is -0.200. The minimum atomic E-state index is -4.79. The molecule has 0 bridgehead atoms. The lowest BCUT2D eigenvalue weighted by Crippen LogP contribution is -2.05. The lowest BCUT2D eigenvalue weighted by molar-refractivity contribution is -0.159. The molecule has 3 aromatic rings. The number of halogens is 4. The number of aryl methyl sites for hydroxylation is 1. The summed E-state index contributed by atoms with van der Waals surface area (Å²) in [5, 5.41) is 3.17. The number of rotatable bonds is 5. The Hall–Kier alpha value is -2.97. The zero-order valence-electron chi connectivity index (χ0n) is 12.5. The van der Waals surface area contributed by atoms with Crippen LogP contribution in [0.2, 0.25) is 0 Å². The Morgan fingerprint density at radius 1 is 1.20 bits per heavy atom. The van der Waals surface area contributed by atoms with Gasteiger partial charge in [-0.2, -0.15) is 18.2 Å². The first kappa shape index (κ1) is 16.9. The molecule has 1 aromatic carbocycles. The highest BCUT2D eigenvalue weighted by Crippen LogP contribution is 2.29. The first-order valence-corrected chi connectivity index (χ1v) is 7.11. The number of carbonyl (C=O) groups excluding carboxylic acids is 1. The van der Waals surface area contributed by atoms with Crippen LogP contribution >= 0.6 is 0 Å². The second-order valence-electron chi connectivity index (χ2n) is 5.12. The topological polar surface area (TPSA) is 69.1 Å². The second-order valence-corrected chi connectivity index (χ2v) is 5.12. The molecular formula is C16H10F4N2O3. The van der Waals surface area contributed by atoms with Crippen molar-refractivity contribution in [1.29, 1.82) is 0 Å². The second kappa shape index (κ2) is 6.50. The van der Waals surface area contributed by atoms with E-state index < -0.39 is 29.5 Å². The van der Waals surface area contributed by atoms with Crippen molar-refractivity contribution in [3.8, 4) is 11.4 Å². The van der Waals surface area contributed by atoms with E-state index in [-0.39, 0.29) is 17.5 Å². The molecule has 2 aromatic heterocycles. The summed E-state index contributed by atoms with van der Waals surface area (Å²) in [6.07, 6.45) is -2.97. The molecule has 0 aliphatic carbocycles. The van der Waals surface area contributed by atoms with E-state index in [1.807, 2.05) is 0 Å². The van der Waals surface area contributed by atoms with Crippen LogP contribution in [0.3, 0.4) is 0 Å². The first-order chi connectivity index (χ1) is 11.8. The van der Waals surface area contributed by atoms with Gasteiger partial charge < -0.3 is 8.94 Å². The van der Waals surface area contributed by atoms with Gasteiger partial charge in [0.1, 0.15) is 11.6 Å². The summed E-state index contributed by atoms with van der Waals surface area (Å²) < 4.78 is 60.7. The normalized spacial score (nSPS) is 11.7. The highest BCUT2D eigenvalue weighted by Gasteiger charge is 2.38. The van der Waals surface area contributed by atoms with Gasteiger partial charge in [-0.25, -0.2) is 4.39 Å². The summed E-state index contributed by atoms with van der Waals surface area (Å²) in [7, 11) is 0. The number of alkyl halides is 3. The number of ketones is 1. The van der Waals surface area contributed by atoms with Crippen LogP contribution in [0.15, 0.2) is 45.5 Å². The molecule has 0 spiro atoms. The van der Waals surface area contributed by atoms with Gasteiger partial charge in [-0.3, -0.25) is 4.79 Å². The Morgan fingerprint density at radius 2 is 2.00 bits per heavy atom. The molecule has 0 saturated heterocycles. The lowest BCUT2D eigenvalue weighted by Gasteiger charge is -2.03. The summed E-state index contributed by atoms with van der Waals surface area (Å²) in [6.45, 7) is 0. The van der Waals surface area contributed by atoms with Crippen LogP contribution in [0.1, 0.15) is 28.4 Å². The van der Waals surface area contributed by atoms with Gasteiger partial charge in [0.15, 0.2) is 5.78 Å². The number of hydrogen-bond acceptors (Lipinski definition) is 5. The van der Waals surface area contributed by atoms with Crippen molar-refractivity contribution in [2.45, 2.75) is 19.0 Å². The zero-order chi connectivity index (χ0) is 18.0. The smallest absolute Gasteiger partial charge is 0.469 e. The Bertz CT molecular complexity index is 885. The Balaban J connectivity index is 1.76. The standard InChI is InChI=1S/C16H10F4N2O3/c17-12-8-9(14-21-15(25-22-14)16(18,19)20)3-5-11(12)13(23)6-4-10-2-1-7-24-10/h1-3,5,7-8H,4,6H2. The third-order valence-electron chi connectivity index (χ3n) is 3.37. The third kappa shape index (κ3) is 3.76. The van der Waals surface area contributed by atoms with E-state index in [0.717, 1.165) is 6.07 Å². The summed E-state index contributed by atoms with van der Waals surface area (Å²) >= 11 is 0. The molecule has 0 aliphatic heterocycles. The van der Waals surface area contributed by atoms with Crippen molar-refractivity contribution in [1.82, 2.24) is 10.1 Å². The van der Waals surface area contributed by atoms with Gasteiger partial charge in [-0.05, 0) is 24.3 Å². The quantitative estimate of drug-likeness (QED) is 0.505. The molecule has 0 atom stereocenters. The number of carbonyl (C=O) groups is 1. The molecule has 2 heterocycles. The molecular weight excluding hydrogens is 344 g/mol. The SMILES string of the molecule is O=C(CCc1ccco1)c1ccc(-c2noc(C(F)(F)F)n2)cc1F. The maximum atomic E-state index is 14.1. The Kier molecular flexibility index (Phi) is 4.39. The summed E-state index contributed by atoms with van der Waals surface area (Å²) in [5.74, 6) is -2.68. The highest BCUT2D eigenvalue weighted by atomic mass is 19.4. The molecule has 0 aliphatic rings. The van der Waals surface area contributed by atoms with E-state index in [2.05, 4.69) is 14.7 Å². The molecule has 9 heteroatoms. The van der Waals surface area contributed by atoms with Crippen molar-refractivity contribution >= 4 is 5.78 Å².